The van der Waals surface area contributed by atoms with Gasteiger partial charge in [0, 0.05) is 32.6 Å². The van der Waals surface area contributed by atoms with Gasteiger partial charge in [0.2, 0.25) is 21.1 Å². The fraction of sp³-hybridized carbons (Fsp3) is 0.381. The van der Waals surface area contributed by atoms with Crippen molar-refractivity contribution >= 4 is 38.9 Å². The summed E-state index contributed by atoms with van der Waals surface area (Å²) in [6.45, 7) is 4.67. The average molecular weight is 464 g/mol. The highest BCUT2D eigenvalue weighted by atomic mass is 32.2. The Bertz CT molecular complexity index is 1040. The molecule has 1 unspecified atom stereocenters. The van der Waals surface area contributed by atoms with Gasteiger partial charge >= 0.3 is 0 Å². The predicted molar refractivity (Wildman–Crippen MR) is 117 cm³/mol. The number of hydrogen-bond donors (Lipinski definition) is 1. The van der Waals surface area contributed by atoms with Crippen LogP contribution in [0.5, 0.6) is 0 Å². The molecule has 0 aliphatic carbocycles. The highest BCUT2D eigenvalue weighted by Crippen LogP contribution is 2.19. The molecule has 3 amide bonds. The minimum absolute atomic E-state index is 0.0121. The third-order valence-corrected chi connectivity index (χ3v) is 7.88. The van der Waals surface area contributed by atoms with E-state index in [-0.39, 0.29) is 23.9 Å². The fourth-order valence-electron chi connectivity index (χ4n) is 3.30. The first-order chi connectivity index (χ1) is 14.7. The van der Waals surface area contributed by atoms with Gasteiger partial charge in [0.1, 0.15) is 0 Å². The van der Waals surface area contributed by atoms with Crippen molar-refractivity contribution in [1.82, 2.24) is 15.1 Å². The van der Waals surface area contributed by atoms with Crippen LogP contribution < -0.4 is 5.32 Å². The van der Waals surface area contributed by atoms with E-state index in [1.54, 1.807) is 41.5 Å². The molecule has 1 atom stereocenters. The Kier molecular flexibility index (Phi) is 7.11. The zero-order valence-electron chi connectivity index (χ0n) is 17.4. The first-order valence-electron chi connectivity index (χ1n) is 9.95. The molecule has 2 heterocycles. The Labute approximate surface area is 185 Å². The summed E-state index contributed by atoms with van der Waals surface area (Å²) < 4.78 is 26.7. The number of thiophene rings is 1. The van der Waals surface area contributed by atoms with Crippen molar-refractivity contribution in [3.63, 3.8) is 0 Å². The van der Waals surface area contributed by atoms with Gasteiger partial charge in [0.25, 0.3) is 11.8 Å². The molecule has 0 spiro atoms. The highest BCUT2D eigenvalue weighted by Gasteiger charge is 2.39. The number of hydrogen-bond acceptors (Lipinski definition) is 6. The third kappa shape index (κ3) is 5.13. The lowest BCUT2D eigenvalue weighted by Crippen LogP contribution is -2.57. The van der Waals surface area contributed by atoms with Crippen molar-refractivity contribution in [3.05, 3.63) is 52.2 Å². The molecule has 2 aromatic rings. The summed E-state index contributed by atoms with van der Waals surface area (Å²) in [5.74, 6) is -1.33. The molecule has 1 aliphatic rings. The Hall–Kier alpha value is -2.72. The lowest BCUT2D eigenvalue weighted by molar-refractivity contribution is -0.139. The minimum Gasteiger partial charge on any atom is -0.339 e. The monoisotopic (exact) mass is 463 g/mol. The molecule has 1 aromatic carbocycles. The van der Waals surface area contributed by atoms with Crippen molar-refractivity contribution in [3.8, 4) is 0 Å². The molecule has 1 aromatic heterocycles. The van der Waals surface area contributed by atoms with Gasteiger partial charge in [-0.3, -0.25) is 14.4 Å². The first kappa shape index (κ1) is 23.0. The van der Waals surface area contributed by atoms with Gasteiger partial charge in [-0.25, -0.2) is 8.42 Å². The predicted octanol–water partition coefficient (Wildman–Crippen LogP) is 1.67. The van der Waals surface area contributed by atoms with Crippen LogP contribution in [0.3, 0.4) is 0 Å². The van der Waals surface area contributed by atoms with E-state index >= 15 is 0 Å². The number of carbonyl (C=O) groups is 3. The van der Waals surface area contributed by atoms with E-state index in [0.717, 1.165) is 16.9 Å². The van der Waals surface area contributed by atoms with Crippen molar-refractivity contribution in [2.75, 3.05) is 26.2 Å². The number of piperazine rings is 1. The van der Waals surface area contributed by atoms with Gasteiger partial charge in [0.15, 0.2) is 0 Å². The van der Waals surface area contributed by atoms with E-state index in [0.29, 0.717) is 24.4 Å². The molecule has 10 heteroatoms. The lowest BCUT2D eigenvalue weighted by atomic mass is 10.2. The zero-order chi connectivity index (χ0) is 22.6. The van der Waals surface area contributed by atoms with Crippen LogP contribution >= 0.6 is 11.3 Å². The van der Waals surface area contributed by atoms with Gasteiger partial charge < -0.3 is 15.1 Å². The molecule has 166 valence electrons. The number of nitrogens with zero attached hydrogens (tertiary/aromatic N) is 2. The van der Waals surface area contributed by atoms with Gasteiger partial charge in [-0.15, -0.1) is 11.3 Å². The number of amides is 3. The van der Waals surface area contributed by atoms with E-state index in [4.69, 9.17) is 0 Å². The SMILES string of the molecule is CCC(=O)N1CCN(C(=O)C(NC(=O)c2cccs2)S(=O)(=O)c2ccc(C)cc2)CC1. The van der Waals surface area contributed by atoms with Gasteiger partial charge in [-0.2, -0.15) is 0 Å². The largest absolute Gasteiger partial charge is 0.339 e. The normalized spacial score (nSPS) is 15.4. The fourth-order valence-corrected chi connectivity index (χ4v) is 5.39. The second-order valence-electron chi connectivity index (χ2n) is 7.25. The van der Waals surface area contributed by atoms with Crippen LogP contribution in [-0.4, -0.2) is 67.5 Å². The number of carbonyl (C=O) groups excluding carboxylic acids is 3. The first-order valence-corrected chi connectivity index (χ1v) is 12.4. The van der Waals surface area contributed by atoms with E-state index in [1.807, 2.05) is 6.92 Å². The van der Waals surface area contributed by atoms with Crippen LogP contribution in [0, 0.1) is 6.92 Å². The molecular weight excluding hydrogens is 438 g/mol. The molecule has 1 aliphatic heterocycles. The summed E-state index contributed by atoms with van der Waals surface area (Å²) in [4.78, 5) is 41.1. The second-order valence-corrected chi connectivity index (χ2v) is 10.2. The van der Waals surface area contributed by atoms with Crippen LogP contribution in [0.1, 0.15) is 28.6 Å². The summed E-state index contributed by atoms with van der Waals surface area (Å²) >= 11 is 1.16. The van der Waals surface area contributed by atoms with Gasteiger partial charge in [0.05, 0.1) is 9.77 Å². The molecule has 3 rings (SSSR count). The van der Waals surface area contributed by atoms with Gasteiger partial charge in [-0.1, -0.05) is 30.7 Å². The maximum Gasteiger partial charge on any atom is 0.262 e. The highest BCUT2D eigenvalue weighted by molar-refractivity contribution is 7.92. The van der Waals surface area contributed by atoms with E-state index < -0.39 is 27.0 Å². The number of benzene rings is 1. The average Bonchev–Trinajstić information content (AvgIpc) is 3.32. The van der Waals surface area contributed by atoms with Crippen molar-refractivity contribution in [2.45, 2.75) is 30.5 Å². The minimum atomic E-state index is -4.19. The Morgan fingerprint density at radius 2 is 1.65 bits per heavy atom. The van der Waals surface area contributed by atoms with E-state index in [1.165, 1.54) is 17.0 Å². The summed E-state index contributed by atoms with van der Waals surface area (Å²) in [6.07, 6.45) is 0.370. The van der Waals surface area contributed by atoms with Crippen molar-refractivity contribution in [1.29, 1.82) is 0 Å². The number of aryl methyl sites for hydroxylation is 1. The Balaban J connectivity index is 1.86. The molecule has 0 saturated carbocycles. The number of rotatable bonds is 6. The number of nitrogens with one attached hydrogen (secondary N) is 1. The summed E-state index contributed by atoms with van der Waals surface area (Å²) in [7, 11) is -4.19. The summed E-state index contributed by atoms with van der Waals surface area (Å²) in [5.41, 5.74) is 0.876. The molecular formula is C21H25N3O5S2. The maximum absolute atomic E-state index is 13.3. The van der Waals surface area contributed by atoms with Crippen molar-refractivity contribution < 1.29 is 22.8 Å². The van der Waals surface area contributed by atoms with Crippen LogP contribution in [-0.2, 0) is 19.4 Å². The van der Waals surface area contributed by atoms with Crippen LogP contribution in [0.25, 0.3) is 0 Å². The molecule has 1 N–H and O–H groups in total. The van der Waals surface area contributed by atoms with E-state index in [2.05, 4.69) is 5.32 Å². The molecule has 31 heavy (non-hydrogen) atoms. The van der Waals surface area contributed by atoms with E-state index in [9.17, 15) is 22.8 Å². The Morgan fingerprint density at radius 1 is 1.03 bits per heavy atom. The van der Waals surface area contributed by atoms with Gasteiger partial charge in [-0.05, 0) is 30.5 Å². The summed E-state index contributed by atoms with van der Waals surface area (Å²) in [5, 5.41) is 2.37. The molecule has 1 fully saturated rings. The third-order valence-electron chi connectivity index (χ3n) is 5.14. The lowest BCUT2D eigenvalue weighted by Gasteiger charge is -2.36. The number of sulfone groups is 1. The topological polar surface area (TPSA) is 104 Å². The standard InChI is InChI=1S/C21H25N3O5S2/c1-3-18(25)23-10-12-24(13-11-23)21(27)20(22-19(26)17-5-4-14-30-17)31(28,29)16-8-6-15(2)7-9-16/h4-9,14,20H,3,10-13H2,1-2H3,(H,22,26). The van der Waals surface area contributed by atoms with Crippen LogP contribution in [0.4, 0.5) is 0 Å². The van der Waals surface area contributed by atoms with Crippen LogP contribution in [0.2, 0.25) is 0 Å². The maximum atomic E-state index is 13.3. The molecule has 1 saturated heterocycles. The van der Waals surface area contributed by atoms with Crippen LogP contribution in [0.15, 0.2) is 46.7 Å². The summed E-state index contributed by atoms with van der Waals surface area (Å²) in [6, 6.07) is 9.39. The smallest absolute Gasteiger partial charge is 0.262 e. The molecule has 0 radical (unpaired) electrons. The second kappa shape index (κ2) is 9.61. The molecule has 0 bridgehead atoms. The molecule has 8 nitrogen and oxygen atoms in total. The quantitative estimate of drug-likeness (QED) is 0.702. The Morgan fingerprint density at radius 3 is 2.19 bits per heavy atom. The van der Waals surface area contributed by atoms with Crippen molar-refractivity contribution in [2.24, 2.45) is 0 Å². The zero-order valence-corrected chi connectivity index (χ0v) is 19.0.